The second-order valence-electron chi connectivity index (χ2n) is 6.70. The van der Waals surface area contributed by atoms with Gasteiger partial charge in [0.25, 0.3) is 5.91 Å². The van der Waals surface area contributed by atoms with Gasteiger partial charge in [0.15, 0.2) is 0 Å². The van der Waals surface area contributed by atoms with Crippen LogP contribution in [0.4, 0.5) is 15.8 Å². The molecule has 0 radical (unpaired) electrons. The maximum atomic E-state index is 14.9. The van der Waals surface area contributed by atoms with Crippen molar-refractivity contribution in [1.82, 2.24) is 15.3 Å². The van der Waals surface area contributed by atoms with E-state index < -0.39 is 11.8 Å². The highest BCUT2D eigenvalue weighted by Gasteiger charge is 2.18. The van der Waals surface area contributed by atoms with Crippen molar-refractivity contribution in [3.8, 4) is 11.1 Å². The number of fused-ring (bicyclic) bond motifs is 1. The van der Waals surface area contributed by atoms with E-state index in [9.17, 15) is 14.0 Å². The number of amides is 1. The lowest BCUT2D eigenvalue weighted by atomic mass is 10.0. The van der Waals surface area contributed by atoms with E-state index in [0.717, 1.165) is 5.69 Å². The van der Waals surface area contributed by atoms with Crippen molar-refractivity contribution in [1.29, 1.82) is 0 Å². The van der Waals surface area contributed by atoms with Crippen LogP contribution in [-0.2, 0) is 0 Å². The number of benzene rings is 2. The zero-order chi connectivity index (χ0) is 22.0. The van der Waals surface area contributed by atoms with Gasteiger partial charge in [0, 0.05) is 47.7 Å². The Bertz CT molecular complexity index is 1290. The molecular formula is C23H17FN4O3. The summed E-state index contributed by atoms with van der Waals surface area (Å²) in [6, 6.07) is 14.9. The SMILES string of the molecule is CNC(=O)c1cnc2cc(F)c(-c3ccc(C(=O)O)nc3)cc2c1Nc1ccccc1. The van der Waals surface area contributed by atoms with Gasteiger partial charge in [-0.05, 0) is 24.3 Å². The molecule has 8 heteroatoms. The van der Waals surface area contributed by atoms with Crippen LogP contribution < -0.4 is 10.6 Å². The largest absolute Gasteiger partial charge is 0.477 e. The molecule has 0 bridgehead atoms. The molecule has 0 saturated carbocycles. The number of anilines is 2. The van der Waals surface area contributed by atoms with Crippen molar-refractivity contribution in [3.05, 3.63) is 84.1 Å². The first-order valence-electron chi connectivity index (χ1n) is 9.34. The highest BCUT2D eigenvalue weighted by Crippen LogP contribution is 2.34. The number of hydrogen-bond acceptors (Lipinski definition) is 5. The number of carbonyl (C=O) groups excluding carboxylic acids is 1. The summed E-state index contributed by atoms with van der Waals surface area (Å²) >= 11 is 0. The molecule has 2 aromatic heterocycles. The van der Waals surface area contributed by atoms with Gasteiger partial charge < -0.3 is 15.7 Å². The standard InChI is InChI=1S/C23H17FN4O3/c1-25-22(29)17-12-27-20-10-18(24)15(13-7-8-19(23(30)31)26-11-13)9-16(20)21(17)28-14-5-3-2-4-6-14/h2-12H,1H3,(H,25,29)(H,27,28)(H,30,31). The topological polar surface area (TPSA) is 104 Å². The monoisotopic (exact) mass is 416 g/mol. The third kappa shape index (κ3) is 3.91. The lowest BCUT2D eigenvalue weighted by Gasteiger charge is -2.15. The molecule has 2 aromatic carbocycles. The summed E-state index contributed by atoms with van der Waals surface area (Å²) in [5, 5.41) is 15.4. The molecule has 0 atom stereocenters. The first-order valence-corrected chi connectivity index (χ1v) is 9.34. The molecule has 0 aliphatic rings. The molecule has 7 nitrogen and oxygen atoms in total. The molecule has 0 spiro atoms. The summed E-state index contributed by atoms with van der Waals surface area (Å²) in [7, 11) is 1.52. The number of para-hydroxylation sites is 1. The van der Waals surface area contributed by atoms with E-state index in [2.05, 4.69) is 20.6 Å². The number of carboxylic acid groups (broad SMARTS) is 1. The maximum Gasteiger partial charge on any atom is 0.354 e. The van der Waals surface area contributed by atoms with Crippen LogP contribution in [0.15, 0.2) is 67.0 Å². The van der Waals surface area contributed by atoms with Crippen molar-refractivity contribution >= 4 is 34.2 Å². The molecule has 4 aromatic rings. The van der Waals surface area contributed by atoms with Crippen LogP contribution in [0.25, 0.3) is 22.0 Å². The molecule has 0 aliphatic carbocycles. The van der Waals surface area contributed by atoms with E-state index >= 15 is 0 Å². The molecule has 154 valence electrons. The zero-order valence-electron chi connectivity index (χ0n) is 16.4. The Morgan fingerprint density at radius 3 is 2.42 bits per heavy atom. The average molecular weight is 416 g/mol. The van der Waals surface area contributed by atoms with Gasteiger partial charge in [-0.25, -0.2) is 14.2 Å². The number of aromatic nitrogens is 2. The van der Waals surface area contributed by atoms with Crippen LogP contribution in [0.3, 0.4) is 0 Å². The van der Waals surface area contributed by atoms with E-state index in [4.69, 9.17) is 5.11 Å². The number of nitrogens with one attached hydrogen (secondary N) is 2. The Hall–Kier alpha value is -4.33. The molecular weight excluding hydrogens is 399 g/mol. The first-order chi connectivity index (χ1) is 15.0. The highest BCUT2D eigenvalue weighted by molar-refractivity contribution is 6.08. The van der Waals surface area contributed by atoms with Crippen LogP contribution in [0.2, 0.25) is 0 Å². The smallest absolute Gasteiger partial charge is 0.354 e. The molecule has 0 saturated heterocycles. The summed E-state index contributed by atoms with van der Waals surface area (Å²) < 4.78 is 14.9. The second kappa shape index (κ2) is 8.19. The third-order valence-electron chi connectivity index (χ3n) is 4.77. The van der Waals surface area contributed by atoms with Crippen LogP contribution in [0.5, 0.6) is 0 Å². The molecule has 1 amide bonds. The molecule has 0 aliphatic heterocycles. The van der Waals surface area contributed by atoms with Gasteiger partial charge in [0.1, 0.15) is 11.5 Å². The Morgan fingerprint density at radius 2 is 1.77 bits per heavy atom. The Morgan fingerprint density at radius 1 is 1.00 bits per heavy atom. The molecule has 31 heavy (non-hydrogen) atoms. The normalized spacial score (nSPS) is 10.6. The van der Waals surface area contributed by atoms with E-state index in [-0.39, 0.29) is 17.2 Å². The third-order valence-corrected chi connectivity index (χ3v) is 4.77. The lowest BCUT2D eigenvalue weighted by Crippen LogP contribution is -2.19. The number of carboxylic acids is 1. The molecule has 2 heterocycles. The van der Waals surface area contributed by atoms with E-state index in [1.54, 1.807) is 6.07 Å². The zero-order valence-corrected chi connectivity index (χ0v) is 16.4. The molecule has 3 N–H and O–H groups in total. The minimum atomic E-state index is -1.17. The molecule has 0 fully saturated rings. The van der Waals surface area contributed by atoms with Gasteiger partial charge in [-0.3, -0.25) is 9.78 Å². The summed E-state index contributed by atoms with van der Waals surface area (Å²) in [6.07, 6.45) is 2.70. The Balaban J connectivity index is 1.92. The number of aromatic carboxylic acids is 1. The quantitative estimate of drug-likeness (QED) is 0.450. The van der Waals surface area contributed by atoms with Gasteiger partial charge in [0.05, 0.1) is 16.8 Å². The highest BCUT2D eigenvalue weighted by atomic mass is 19.1. The van der Waals surface area contributed by atoms with Crippen molar-refractivity contribution in [2.75, 3.05) is 12.4 Å². The summed E-state index contributed by atoms with van der Waals surface area (Å²) in [5.74, 6) is -2.05. The number of pyridine rings is 2. The van der Waals surface area contributed by atoms with Crippen molar-refractivity contribution in [3.63, 3.8) is 0 Å². The van der Waals surface area contributed by atoms with Crippen LogP contribution in [-0.4, -0.2) is 34.0 Å². The maximum absolute atomic E-state index is 14.9. The van der Waals surface area contributed by atoms with Crippen LogP contribution >= 0.6 is 0 Å². The van der Waals surface area contributed by atoms with Crippen LogP contribution in [0.1, 0.15) is 20.8 Å². The summed E-state index contributed by atoms with van der Waals surface area (Å²) in [6.45, 7) is 0. The Labute approximate surface area is 176 Å². The molecule has 0 unspecified atom stereocenters. The number of nitrogens with zero attached hydrogens (tertiary/aromatic N) is 2. The number of carbonyl (C=O) groups is 2. The van der Waals surface area contributed by atoms with Crippen LogP contribution in [0, 0.1) is 5.82 Å². The molecule has 4 rings (SSSR count). The predicted octanol–water partition coefficient (Wildman–Crippen LogP) is 4.24. The van der Waals surface area contributed by atoms with Gasteiger partial charge in [-0.1, -0.05) is 24.3 Å². The fourth-order valence-electron chi connectivity index (χ4n) is 3.22. The Kier molecular flexibility index (Phi) is 5.28. The van der Waals surface area contributed by atoms with E-state index in [1.807, 2.05) is 30.3 Å². The van der Waals surface area contributed by atoms with Gasteiger partial charge >= 0.3 is 5.97 Å². The summed E-state index contributed by atoms with van der Waals surface area (Å²) in [4.78, 5) is 31.6. The van der Waals surface area contributed by atoms with Crippen molar-refractivity contribution in [2.45, 2.75) is 0 Å². The van der Waals surface area contributed by atoms with Gasteiger partial charge in [0.2, 0.25) is 0 Å². The number of hydrogen-bond donors (Lipinski definition) is 3. The fraction of sp³-hybridized carbons (Fsp3) is 0.0435. The summed E-state index contributed by atoms with van der Waals surface area (Å²) in [5.41, 5.74) is 2.37. The first kappa shape index (κ1) is 20.0. The van der Waals surface area contributed by atoms with Crippen molar-refractivity contribution < 1.29 is 19.1 Å². The lowest BCUT2D eigenvalue weighted by molar-refractivity contribution is 0.0690. The second-order valence-corrected chi connectivity index (χ2v) is 6.70. The van der Waals surface area contributed by atoms with E-state index in [1.165, 1.54) is 37.6 Å². The average Bonchev–Trinajstić information content (AvgIpc) is 2.79. The number of halogens is 1. The van der Waals surface area contributed by atoms with Gasteiger partial charge in [-0.15, -0.1) is 0 Å². The van der Waals surface area contributed by atoms with Gasteiger partial charge in [-0.2, -0.15) is 0 Å². The fourth-order valence-corrected chi connectivity index (χ4v) is 3.22. The minimum absolute atomic E-state index is 0.139. The van der Waals surface area contributed by atoms with Crippen molar-refractivity contribution in [2.24, 2.45) is 0 Å². The minimum Gasteiger partial charge on any atom is -0.477 e. The predicted molar refractivity (Wildman–Crippen MR) is 115 cm³/mol. The van der Waals surface area contributed by atoms with E-state index in [0.29, 0.717) is 27.7 Å². The number of rotatable bonds is 5.